The molecule has 0 bridgehead atoms. The molecule has 0 atom stereocenters. The van der Waals surface area contributed by atoms with Gasteiger partial charge in [0, 0.05) is 12.1 Å². The minimum Gasteiger partial charge on any atom is -0.492 e. The zero-order chi connectivity index (χ0) is 28.7. The highest BCUT2D eigenvalue weighted by atomic mass is 32.2. The van der Waals surface area contributed by atoms with Crippen LogP contribution in [-0.4, -0.2) is 33.9 Å². The molecule has 7 nitrogen and oxygen atoms in total. The summed E-state index contributed by atoms with van der Waals surface area (Å²) >= 11 is 5.34. The highest BCUT2D eigenvalue weighted by molar-refractivity contribution is 7.92. The van der Waals surface area contributed by atoms with Crippen molar-refractivity contribution in [1.82, 2.24) is 5.32 Å². The normalized spacial score (nSPS) is 10.9. The quantitative estimate of drug-likeness (QED) is 0.207. The molecular formula is C30H30BN3O4S2. The molecule has 0 aromatic heterocycles. The molecule has 40 heavy (non-hydrogen) atoms. The molecule has 0 fully saturated rings. The van der Waals surface area contributed by atoms with Crippen molar-refractivity contribution >= 4 is 57.9 Å². The second-order valence-electron chi connectivity index (χ2n) is 9.44. The summed E-state index contributed by atoms with van der Waals surface area (Å²) in [7, 11) is -1.88. The summed E-state index contributed by atoms with van der Waals surface area (Å²) < 4.78 is 34.3. The van der Waals surface area contributed by atoms with Gasteiger partial charge in [0.25, 0.3) is 15.9 Å². The average Bonchev–Trinajstić information content (AvgIpc) is 2.92. The van der Waals surface area contributed by atoms with E-state index in [-0.39, 0.29) is 10.0 Å². The lowest BCUT2D eigenvalue weighted by atomic mass is 9.94. The second-order valence-corrected chi connectivity index (χ2v) is 11.5. The number of thiocarbonyl (C=S) groups is 1. The number of amides is 1. The van der Waals surface area contributed by atoms with Gasteiger partial charge in [-0.25, -0.2) is 8.42 Å². The van der Waals surface area contributed by atoms with E-state index in [0.717, 1.165) is 22.2 Å². The van der Waals surface area contributed by atoms with E-state index in [1.54, 1.807) is 30.3 Å². The SMILES string of the molecule is Bc1ccc(OCCc2ccccc2)c(C(=O)NC(=S)Nc2ccc(S(=O)(=O)Nc3ccc(C)cc3C)cc2)c1. The fourth-order valence-corrected chi connectivity index (χ4v) is 5.39. The molecule has 0 saturated heterocycles. The largest absolute Gasteiger partial charge is 0.492 e. The monoisotopic (exact) mass is 571 g/mol. The number of hydrogen-bond acceptors (Lipinski definition) is 5. The zero-order valence-electron chi connectivity index (χ0n) is 22.5. The summed E-state index contributed by atoms with van der Waals surface area (Å²) in [5.74, 6) is 0.0560. The molecule has 4 aromatic rings. The number of rotatable bonds is 9. The molecule has 0 aliphatic rings. The first kappa shape index (κ1) is 28.9. The zero-order valence-corrected chi connectivity index (χ0v) is 24.2. The minimum atomic E-state index is -3.78. The lowest BCUT2D eigenvalue weighted by Gasteiger charge is -2.14. The molecule has 1 amide bonds. The Morgan fingerprint density at radius 1 is 0.925 bits per heavy atom. The van der Waals surface area contributed by atoms with Crippen molar-refractivity contribution in [2.24, 2.45) is 0 Å². The lowest BCUT2D eigenvalue weighted by Crippen LogP contribution is -2.34. The maximum absolute atomic E-state index is 13.1. The summed E-state index contributed by atoms with van der Waals surface area (Å²) in [6.07, 6.45) is 0.710. The third-order valence-electron chi connectivity index (χ3n) is 6.15. The van der Waals surface area contributed by atoms with E-state index in [1.165, 1.54) is 12.1 Å². The van der Waals surface area contributed by atoms with E-state index < -0.39 is 15.9 Å². The van der Waals surface area contributed by atoms with Gasteiger partial charge in [-0.3, -0.25) is 14.8 Å². The van der Waals surface area contributed by atoms with Gasteiger partial charge >= 0.3 is 0 Å². The molecule has 10 heteroatoms. The first-order chi connectivity index (χ1) is 19.1. The number of nitrogens with one attached hydrogen (secondary N) is 3. The minimum absolute atomic E-state index is 0.0748. The second kappa shape index (κ2) is 12.8. The maximum Gasteiger partial charge on any atom is 0.261 e. The molecule has 4 aromatic carbocycles. The van der Waals surface area contributed by atoms with Gasteiger partial charge in [-0.2, -0.15) is 0 Å². The number of benzene rings is 4. The van der Waals surface area contributed by atoms with Crippen LogP contribution in [0.15, 0.2) is 95.9 Å². The Labute approximate surface area is 241 Å². The van der Waals surface area contributed by atoms with Gasteiger partial charge < -0.3 is 10.1 Å². The van der Waals surface area contributed by atoms with Gasteiger partial charge in [0.05, 0.1) is 22.8 Å². The number of carbonyl (C=O) groups excluding carboxylic acids is 1. The van der Waals surface area contributed by atoms with Gasteiger partial charge in [0.1, 0.15) is 13.6 Å². The molecule has 0 unspecified atom stereocenters. The van der Waals surface area contributed by atoms with Crippen molar-refractivity contribution in [3.05, 3.63) is 113 Å². The molecule has 0 heterocycles. The summed E-state index contributed by atoms with van der Waals surface area (Å²) in [4.78, 5) is 13.2. The predicted octanol–water partition coefficient (Wildman–Crippen LogP) is 4.11. The molecule has 0 aliphatic carbocycles. The Morgan fingerprint density at radius 3 is 2.35 bits per heavy atom. The third kappa shape index (κ3) is 7.71. The molecular weight excluding hydrogens is 541 g/mol. The van der Waals surface area contributed by atoms with Crippen LogP contribution in [0.25, 0.3) is 0 Å². The number of anilines is 2. The van der Waals surface area contributed by atoms with Crippen LogP contribution in [0.3, 0.4) is 0 Å². The molecule has 204 valence electrons. The smallest absolute Gasteiger partial charge is 0.261 e. The van der Waals surface area contributed by atoms with Crippen molar-refractivity contribution < 1.29 is 17.9 Å². The van der Waals surface area contributed by atoms with Crippen LogP contribution in [0.1, 0.15) is 27.0 Å². The molecule has 0 spiro atoms. The topological polar surface area (TPSA) is 96.5 Å². The first-order valence-electron chi connectivity index (χ1n) is 12.7. The van der Waals surface area contributed by atoms with Crippen LogP contribution in [-0.2, 0) is 16.4 Å². The highest BCUT2D eigenvalue weighted by Gasteiger charge is 2.17. The van der Waals surface area contributed by atoms with Crippen molar-refractivity contribution in [2.45, 2.75) is 25.2 Å². The van der Waals surface area contributed by atoms with Crippen molar-refractivity contribution in [3.8, 4) is 5.75 Å². The van der Waals surface area contributed by atoms with Crippen molar-refractivity contribution in [1.29, 1.82) is 0 Å². The maximum atomic E-state index is 13.1. The molecule has 0 aliphatic heterocycles. The van der Waals surface area contributed by atoms with Gasteiger partial charge in [-0.05, 0) is 73.6 Å². The summed E-state index contributed by atoms with van der Waals surface area (Å²) in [6.45, 7) is 4.22. The van der Waals surface area contributed by atoms with Gasteiger partial charge in [-0.15, -0.1) is 0 Å². The Kier molecular flexibility index (Phi) is 9.24. The summed E-state index contributed by atoms with van der Waals surface area (Å²) in [5.41, 5.74) is 5.36. The summed E-state index contributed by atoms with van der Waals surface area (Å²) in [6, 6.07) is 27.0. The number of hydrogen-bond donors (Lipinski definition) is 3. The number of ether oxygens (including phenoxy) is 1. The van der Waals surface area contributed by atoms with Crippen molar-refractivity contribution in [3.63, 3.8) is 0 Å². The van der Waals surface area contributed by atoms with Crippen LogP contribution >= 0.6 is 12.2 Å². The third-order valence-corrected chi connectivity index (χ3v) is 7.73. The highest BCUT2D eigenvalue weighted by Crippen LogP contribution is 2.22. The van der Waals surface area contributed by atoms with E-state index in [4.69, 9.17) is 17.0 Å². The van der Waals surface area contributed by atoms with Gasteiger partial charge in [0.15, 0.2) is 5.11 Å². The van der Waals surface area contributed by atoms with Crippen LogP contribution < -0.4 is 25.6 Å². The summed E-state index contributed by atoms with van der Waals surface area (Å²) in [5, 5.41) is 5.68. The van der Waals surface area contributed by atoms with E-state index >= 15 is 0 Å². The fraction of sp³-hybridized carbons (Fsp3) is 0.133. The van der Waals surface area contributed by atoms with Crippen LogP contribution in [0.5, 0.6) is 5.75 Å². The molecule has 4 rings (SSSR count). The standard InChI is InChI=1S/C30H30BN3O4S2/c1-20-8-14-27(21(2)18-20)34-40(36,37)25-12-10-24(11-13-25)32-30(39)33-29(35)26-19-23(31)9-15-28(26)38-17-16-22-6-4-3-5-7-22/h3-15,18-19,34H,16-17,31H2,1-2H3,(H2,32,33,35,39). The van der Waals surface area contributed by atoms with Gasteiger partial charge in [-0.1, -0.05) is 65.6 Å². The predicted molar refractivity (Wildman–Crippen MR) is 167 cm³/mol. The van der Waals surface area contributed by atoms with Crippen molar-refractivity contribution in [2.75, 3.05) is 16.6 Å². The molecule has 3 N–H and O–H groups in total. The van der Waals surface area contributed by atoms with Crippen LogP contribution in [0, 0.1) is 13.8 Å². The number of carbonyl (C=O) groups is 1. The first-order valence-corrected chi connectivity index (χ1v) is 14.6. The Hall–Kier alpha value is -4.15. The lowest BCUT2D eigenvalue weighted by molar-refractivity contribution is 0.0974. The van der Waals surface area contributed by atoms with E-state index in [0.29, 0.717) is 35.7 Å². The van der Waals surface area contributed by atoms with Crippen LogP contribution in [0.4, 0.5) is 11.4 Å². The average molecular weight is 572 g/mol. The molecule has 0 radical (unpaired) electrons. The van der Waals surface area contributed by atoms with Gasteiger partial charge in [0.2, 0.25) is 0 Å². The van der Waals surface area contributed by atoms with E-state index in [2.05, 4.69) is 15.4 Å². The molecule has 0 saturated carbocycles. The Morgan fingerprint density at radius 2 is 1.65 bits per heavy atom. The number of sulfonamides is 1. The van der Waals surface area contributed by atoms with E-state index in [1.807, 2.05) is 70.2 Å². The Balaban J connectivity index is 1.37. The van der Waals surface area contributed by atoms with E-state index in [9.17, 15) is 13.2 Å². The Bertz CT molecular complexity index is 1630. The number of aryl methyl sites for hydroxylation is 2. The fourth-order valence-electron chi connectivity index (χ4n) is 4.05. The van der Waals surface area contributed by atoms with Crippen LogP contribution in [0.2, 0.25) is 0 Å².